The van der Waals surface area contributed by atoms with Crippen LogP contribution in [0, 0.1) is 0 Å². The highest BCUT2D eigenvalue weighted by Crippen LogP contribution is 2.36. The average Bonchev–Trinajstić information content (AvgIpc) is 2.45. The summed E-state index contributed by atoms with van der Waals surface area (Å²) in [5.41, 5.74) is 0.544. The number of fused-ring (bicyclic) bond motifs is 1. The maximum Gasteiger partial charge on any atom is 0.416 e. The van der Waals surface area contributed by atoms with Gasteiger partial charge >= 0.3 is 12.3 Å². The van der Waals surface area contributed by atoms with Gasteiger partial charge in [0.15, 0.2) is 0 Å². The van der Waals surface area contributed by atoms with E-state index in [1.807, 2.05) is 6.92 Å². The molecule has 0 saturated heterocycles. The van der Waals surface area contributed by atoms with E-state index < -0.39 is 17.8 Å². The Morgan fingerprint density at radius 3 is 2.71 bits per heavy atom. The van der Waals surface area contributed by atoms with E-state index in [2.05, 4.69) is 15.4 Å². The zero-order valence-electron chi connectivity index (χ0n) is 11.5. The van der Waals surface area contributed by atoms with E-state index in [0.717, 1.165) is 12.1 Å². The topological polar surface area (TPSA) is 50.4 Å². The molecule has 2 N–H and O–H groups in total. The summed E-state index contributed by atoms with van der Waals surface area (Å²) in [5.74, 6) is 0. The summed E-state index contributed by atoms with van der Waals surface area (Å²) >= 11 is 0. The predicted octanol–water partition coefficient (Wildman–Crippen LogP) is 3.61. The van der Waals surface area contributed by atoms with Crippen LogP contribution < -0.4 is 10.6 Å². The van der Waals surface area contributed by atoms with Gasteiger partial charge in [0.2, 0.25) is 0 Å². The minimum Gasteiger partial charge on any atom is -0.453 e. The molecule has 0 aliphatic carbocycles. The fourth-order valence-corrected chi connectivity index (χ4v) is 2.10. The Balaban J connectivity index is 2.41. The van der Waals surface area contributed by atoms with E-state index in [4.69, 9.17) is 0 Å². The molecule has 2 rings (SSSR count). The Morgan fingerprint density at radius 2 is 2.14 bits per heavy atom. The Bertz CT molecular complexity index is 582. The van der Waals surface area contributed by atoms with Gasteiger partial charge < -0.3 is 10.1 Å². The molecule has 1 heterocycles. The summed E-state index contributed by atoms with van der Waals surface area (Å²) in [6, 6.07) is 3.20. The van der Waals surface area contributed by atoms with Crippen LogP contribution in [0.2, 0.25) is 0 Å². The molecule has 1 amide bonds. The van der Waals surface area contributed by atoms with E-state index in [-0.39, 0.29) is 6.04 Å². The summed E-state index contributed by atoms with van der Waals surface area (Å²) in [6.45, 7) is 1.89. The lowest BCUT2D eigenvalue weighted by atomic mass is 9.98. The second-order valence-corrected chi connectivity index (χ2v) is 4.61. The third kappa shape index (κ3) is 3.29. The average molecular weight is 300 g/mol. The second kappa shape index (κ2) is 5.67. The number of amides is 1. The molecular weight excluding hydrogens is 285 g/mol. The van der Waals surface area contributed by atoms with E-state index >= 15 is 0 Å². The predicted molar refractivity (Wildman–Crippen MR) is 72.7 cm³/mol. The molecule has 1 aliphatic heterocycles. The zero-order chi connectivity index (χ0) is 15.6. The van der Waals surface area contributed by atoms with Gasteiger partial charge in [0.05, 0.1) is 18.4 Å². The molecule has 1 atom stereocenters. The lowest BCUT2D eigenvalue weighted by molar-refractivity contribution is -0.137. The van der Waals surface area contributed by atoms with Crippen LogP contribution in [0.3, 0.4) is 0 Å². The number of alkyl halides is 3. The minimum absolute atomic E-state index is 0.159. The SMILES string of the molecule is CC[C@H]1C=C(NC(=O)OC)c2ccc(C(F)(F)F)cc2N1. The minimum atomic E-state index is -4.41. The van der Waals surface area contributed by atoms with Gasteiger partial charge in [-0.2, -0.15) is 13.2 Å². The van der Waals surface area contributed by atoms with Crippen molar-refractivity contribution in [2.75, 3.05) is 12.4 Å². The van der Waals surface area contributed by atoms with Gasteiger partial charge in [-0.3, -0.25) is 5.32 Å². The van der Waals surface area contributed by atoms with Crippen LogP contribution in [0.1, 0.15) is 24.5 Å². The number of carbonyl (C=O) groups excluding carboxylic acids is 1. The van der Waals surface area contributed by atoms with Gasteiger partial charge in [-0.1, -0.05) is 13.0 Å². The van der Waals surface area contributed by atoms with Crippen LogP contribution in [0.25, 0.3) is 5.70 Å². The Hall–Kier alpha value is -2.18. The molecule has 0 unspecified atom stereocenters. The van der Waals surface area contributed by atoms with Gasteiger partial charge in [0, 0.05) is 17.3 Å². The summed E-state index contributed by atoms with van der Waals surface area (Å²) in [6.07, 6.45) is -2.65. The van der Waals surface area contributed by atoms with Crippen LogP contribution >= 0.6 is 0 Å². The van der Waals surface area contributed by atoms with Gasteiger partial charge in [-0.05, 0) is 24.6 Å². The molecule has 0 saturated carbocycles. The van der Waals surface area contributed by atoms with Crippen molar-refractivity contribution in [1.82, 2.24) is 5.32 Å². The van der Waals surface area contributed by atoms with E-state index in [1.54, 1.807) is 6.08 Å². The van der Waals surface area contributed by atoms with Gasteiger partial charge in [0.1, 0.15) is 0 Å². The molecule has 1 aromatic rings. The molecule has 7 heteroatoms. The van der Waals surface area contributed by atoms with Crippen LogP contribution in [0.5, 0.6) is 0 Å². The Labute approximate surface area is 120 Å². The first kappa shape index (κ1) is 15.2. The number of alkyl carbamates (subject to hydrolysis) is 1. The Kier molecular flexibility index (Phi) is 4.11. The number of halogens is 3. The Morgan fingerprint density at radius 1 is 1.43 bits per heavy atom. The summed E-state index contributed by atoms with van der Waals surface area (Å²) in [5, 5.41) is 5.54. The standard InChI is InChI=1S/C14H15F3N2O2/c1-3-9-7-12(19-13(20)21-2)10-5-4-8(14(15,16)17)6-11(10)18-9/h4-7,9,18H,3H2,1-2H3,(H,19,20)/t9-/m0/s1. The number of hydrogen-bond acceptors (Lipinski definition) is 3. The summed E-state index contributed by atoms with van der Waals surface area (Å²) in [4.78, 5) is 11.3. The summed E-state index contributed by atoms with van der Waals surface area (Å²) < 4.78 is 42.8. The fraction of sp³-hybridized carbons (Fsp3) is 0.357. The first-order valence-corrected chi connectivity index (χ1v) is 6.40. The van der Waals surface area contributed by atoms with Gasteiger partial charge in [-0.25, -0.2) is 4.79 Å². The first-order chi connectivity index (χ1) is 9.85. The van der Waals surface area contributed by atoms with Crippen LogP contribution in [-0.4, -0.2) is 19.2 Å². The van der Waals surface area contributed by atoms with Crippen LogP contribution in [-0.2, 0) is 10.9 Å². The number of hydrogen-bond donors (Lipinski definition) is 2. The number of nitrogens with one attached hydrogen (secondary N) is 2. The number of carbonyl (C=O) groups is 1. The van der Waals surface area contributed by atoms with Crippen molar-refractivity contribution in [1.29, 1.82) is 0 Å². The third-order valence-electron chi connectivity index (χ3n) is 3.21. The first-order valence-electron chi connectivity index (χ1n) is 6.40. The molecule has 4 nitrogen and oxygen atoms in total. The maximum absolute atomic E-state index is 12.8. The fourth-order valence-electron chi connectivity index (χ4n) is 2.10. The molecule has 21 heavy (non-hydrogen) atoms. The summed E-state index contributed by atoms with van der Waals surface area (Å²) in [7, 11) is 1.22. The highest BCUT2D eigenvalue weighted by atomic mass is 19.4. The number of benzene rings is 1. The number of methoxy groups -OCH3 is 1. The highest BCUT2D eigenvalue weighted by molar-refractivity contribution is 5.88. The quantitative estimate of drug-likeness (QED) is 0.877. The monoisotopic (exact) mass is 300 g/mol. The number of anilines is 1. The van der Waals surface area contributed by atoms with E-state index in [1.165, 1.54) is 13.2 Å². The molecule has 0 radical (unpaired) electrons. The van der Waals surface area contributed by atoms with Gasteiger partial charge in [0.25, 0.3) is 0 Å². The van der Waals surface area contributed by atoms with Crippen LogP contribution in [0.4, 0.5) is 23.7 Å². The van der Waals surface area contributed by atoms with Crippen LogP contribution in [0.15, 0.2) is 24.3 Å². The van der Waals surface area contributed by atoms with Crippen molar-refractivity contribution in [3.63, 3.8) is 0 Å². The largest absolute Gasteiger partial charge is 0.453 e. The van der Waals surface area contributed by atoms with Crippen molar-refractivity contribution < 1.29 is 22.7 Å². The van der Waals surface area contributed by atoms with Crippen molar-refractivity contribution >= 4 is 17.5 Å². The smallest absolute Gasteiger partial charge is 0.416 e. The number of rotatable bonds is 2. The second-order valence-electron chi connectivity index (χ2n) is 4.61. The number of ether oxygens (including phenoxy) is 1. The van der Waals surface area contributed by atoms with E-state index in [9.17, 15) is 18.0 Å². The normalized spacial score (nSPS) is 17.4. The van der Waals surface area contributed by atoms with Crippen molar-refractivity contribution in [3.8, 4) is 0 Å². The lowest BCUT2D eigenvalue weighted by Gasteiger charge is -2.26. The third-order valence-corrected chi connectivity index (χ3v) is 3.21. The molecule has 0 spiro atoms. The molecule has 114 valence electrons. The maximum atomic E-state index is 12.8. The van der Waals surface area contributed by atoms with Crippen molar-refractivity contribution in [3.05, 3.63) is 35.4 Å². The highest BCUT2D eigenvalue weighted by Gasteiger charge is 2.32. The molecule has 0 bridgehead atoms. The molecular formula is C14H15F3N2O2. The zero-order valence-corrected chi connectivity index (χ0v) is 11.5. The van der Waals surface area contributed by atoms with Crippen molar-refractivity contribution in [2.45, 2.75) is 25.6 Å². The molecule has 1 aliphatic rings. The lowest BCUT2D eigenvalue weighted by Crippen LogP contribution is -2.29. The molecule has 0 aromatic heterocycles. The van der Waals surface area contributed by atoms with Crippen molar-refractivity contribution in [2.24, 2.45) is 0 Å². The molecule has 1 aromatic carbocycles. The molecule has 0 fully saturated rings. The van der Waals surface area contributed by atoms with E-state index in [0.29, 0.717) is 23.4 Å². The van der Waals surface area contributed by atoms with Gasteiger partial charge in [-0.15, -0.1) is 0 Å².